The quantitative estimate of drug-likeness (QED) is 0.664. The molecule has 0 bridgehead atoms. The molecule has 90 valence electrons. The fraction of sp³-hybridized carbons (Fsp3) is 0.923. The first-order chi connectivity index (χ1) is 7.44. The largest absolute Gasteiger partial charge is 0.211 e. The first kappa shape index (κ1) is 13.2. The lowest BCUT2D eigenvalue weighted by molar-refractivity contribution is 0.159. The molecule has 0 aromatic heterocycles. The predicted molar refractivity (Wildman–Crippen MR) is 64.8 cm³/mol. The standard InChI is InChI=1S/C13H23N3/c1-6-7-12(9-14,8-10(2)3)13(11(4)5)15-16-13/h10-11H,6-8H2,1-5H3. The third-order valence-corrected chi connectivity index (χ3v) is 3.47. The smallest absolute Gasteiger partial charge is 0.198 e. The topological polar surface area (TPSA) is 48.5 Å². The summed E-state index contributed by atoms with van der Waals surface area (Å²) in [4.78, 5) is 0. The van der Waals surface area contributed by atoms with E-state index in [1.165, 1.54) is 0 Å². The zero-order valence-corrected chi connectivity index (χ0v) is 11.1. The molecular formula is C13H23N3. The van der Waals surface area contributed by atoms with Crippen LogP contribution in [0.15, 0.2) is 10.2 Å². The summed E-state index contributed by atoms with van der Waals surface area (Å²) in [5, 5.41) is 18.1. The van der Waals surface area contributed by atoms with E-state index in [4.69, 9.17) is 0 Å². The minimum absolute atomic E-state index is 0.317. The van der Waals surface area contributed by atoms with Crippen molar-refractivity contribution >= 4 is 0 Å². The van der Waals surface area contributed by atoms with Crippen LogP contribution >= 0.6 is 0 Å². The molecule has 1 heterocycles. The third kappa shape index (κ3) is 1.98. The number of nitriles is 1. The number of hydrogen-bond donors (Lipinski definition) is 0. The van der Waals surface area contributed by atoms with Crippen LogP contribution in [0.1, 0.15) is 53.9 Å². The normalized spacial score (nSPS) is 20.9. The lowest BCUT2D eigenvalue weighted by Gasteiger charge is -2.35. The second-order valence-corrected chi connectivity index (χ2v) is 5.62. The Morgan fingerprint density at radius 1 is 1.25 bits per heavy atom. The zero-order chi connectivity index (χ0) is 12.4. The maximum Gasteiger partial charge on any atom is 0.211 e. The Bertz CT molecular complexity index is 306. The highest BCUT2D eigenvalue weighted by Crippen LogP contribution is 2.55. The molecular weight excluding hydrogens is 198 g/mol. The Morgan fingerprint density at radius 3 is 2.06 bits per heavy atom. The Kier molecular flexibility index (Phi) is 3.72. The van der Waals surface area contributed by atoms with Gasteiger partial charge >= 0.3 is 0 Å². The summed E-state index contributed by atoms with van der Waals surface area (Å²) in [6.45, 7) is 10.7. The van der Waals surface area contributed by atoms with Gasteiger partial charge in [0, 0.05) is 5.92 Å². The Hall–Kier alpha value is -0.910. The molecule has 16 heavy (non-hydrogen) atoms. The van der Waals surface area contributed by atoms with Crippen molar-refractivity contribution in [1.82, 2.24) is 0 Å². The number of nitrogens with zero attached hydrogens (tertiary/aromatic N) is 3. The minimum atomic E-state index is -0.415. The van der Waals surface area contributed by atoms with Crippen molar-refractivity contribution in [2.45, 2.75) is 59.5 Å². The molecule has 1 rings (SSSR count). The van der Waals surface area contributed by atoms with Gasteiger partial charge in [-0.05, 0) is 18.8 Å². The van der Waals surface area contributed by atoms with Crippen LogP contribution in [-0.2, 0) is 0 Å². The summed E-state index contributed by atoms with van der Waals surface area (Å²) >= 11 is 0. The van der Waals surface area contributed by atoms with Gasteiger partial charge in [0.05, 0.1) is 6.07 Å². The molecule has 0 fully saturated rings. The Morgan fingerprint density at radius 2 is 1.81 bits per heavy atom. The van der Waals surface area contributed by atoms with Crippen LogP contribution in [-0.4, -0.2) is 5.66 Å². The van der Waals surface area contributed by atoms with Gasteiger partial charge < -0.3 is 0 Å². The van der Waals surface area contributed by atoms with E-state index in [2.05, 4.69) is 50.9 Å². The van der Waals surface area contributed by atoms with E-state index in [1.54, 1.807) is 0 Å². The van der Waals surface area contributed by atoms with E-state index in [0.29, 0.717) is 11.8 Å². The summed E-state index contributed by atoms with van der Waals surface area (Å²) in [6, 6.07) is 2.54. The maximum absolute atomic E-state index is 9.61. The maximum atomic E-state index is 9.61. The zero-order valence-electron chi connectivity index (χ0n) is 11.1. The van der Waals surface area contributed by atoms with Crippen LogP contribution in [0.25, 0.3) is 0 Å². The van der Waals surface area contributed by atoms with Crippen molar-refractivity contribution in [3.63, 3.8) is 0 Å². The monoisotopic (exact) mass is 221 g/mol. The van der Waals surface area contributed by atoms with Crippen molar-refractivity contribution in [3.05, 3.63) is 0 Å². The molecule has 3 heteroatoms. The van der Waals surface area contributed by atoms with E-state index in [9.17, 15) is 5.26 Å². The van der Waals surface area contributed by atoms with Crippen LogP contribution in [0.4, 0.5) is 0 Å². The third-order valence-electron chi connectivity index (χ3n) is 3.47. The second-order valence-electron chi connectivity index (χ2n) is 5.62. The second kappa shape index (κ2) is 4.53. The highest BCUT2D eigenvalue weighted by Gasteiger charge is 2.61. The highest BCUT2D eigenvalue weighted by molar-refractivity contribution is 5.19. The van der Waals surface area contributed by atoms with Gasteiger partial charge in [-0.1, -0.05) is 41.0 Å². The van der Waals surface area contributed by atoms with Crippen LogP contribution in [0, 0.1) is 28.6 Å². The molecule has 3 nitrogen and oxygen atoms in total. The molecule has 0 spiro atoms. The van der Waals surface area contributed by atoms with Crippen molar-refractivity contribution in [1.29, 1.82) is 5.26 Å². The van der Waals surface area contributed by atoms with Gasteiger partial charge in [0.15, 0.2) is 0 Å². The van der Waals surface area contributed by atoms with Gasteiger partial charge in [0.1, 0.15) is 5.41 Å². The minimum Gasteiger partial charge on any atom is -0.198 e. The molecule has 1 aliphatic rings. The molecule has 1 atom stereocenters. The number of hydrogen-bond acceptors (Lipinski definition) is 3. The van der Waals surface area contributed by atoms with E-state index >= 15 is 0 Å². The number of rotatable bonds is 6. The van der Waals surface area contributed by atoms with E-state index < -0.39 is 5.66 Å². The summed E-state index contributed by atoms with van der Waals surface area (Å²) < 4.78 is 0. The Labute approximate surface area is 99.0 Å². The van der Waals surface area contributed by atoms with Gasteiger partial charge in [-0.2, -0.15) is 15.5 Å². The summed E-state index contributed by atoms with van der Waals surface area (Å²) in [6.07, 6.45) is 2.80. The molecule has 0 radical (unpaired) electrons. The van der Waals surface area contributed by atoms with E-state index in [0.717, 1.165) is 19.3 Å². The SMILES string of the molecule is CCCC(C#N)(CC(C)C)C1(C(C)C)N=N1. The van der Waals surface area contributed by atoms with Crippen LogP contribution < -0.4 is 0 Å². The van der Waals surface area contributed by atoms with Crippen molar-refractivity contribution < 1.29 is 0 Å². The summed E-state index contributed by atoms with van der Waals surface area (Å²) in [7, 11) is 0. The van der Waals surface area contributed by atoms with E-state index in [-0.39, 0.29) is 5.41 Å². The Balaban J connectivity index is 2.99. The molecule has 0 saturated heterocycles. The fourth-order valence-corrected chi connectivity index (χ4v) is 2.77. The average Bonchev–Trinajstić information content (AvgIpc) is 2.97. The summed E-state index contributed by atoms with van der Waals surface area (Å²) in [5.74, 6) is 0.824. The van der Waals surface area contributed by atoms with Gasteiger partial charge in [-0.25, -0.2) is 0 Å². The molecule has 1 unspecified atom stereocenters. The fourth-order valence-electron chi connectivity index (χ4n) is 2.77. The van der Waals surface area contributed by atoms with Crippen LogP contribution in [0.3, 0.4) is 0 Å². The van der Waals surface area contributed by atoms with Crippen molar-refractivity contribution in [2.24, 2.45) is 27.5 Å². The van der Waals surface area contributed by atoms with Crippen LogP contribution in [0.5, 0.6) is 0 Å². The van der Waals surface area contributed by atoms with Gasteiger partial charge in [-0.15, -0.1) is 0 Å². The molecule has 0 amide bonds. The van der Waals surface area contributed by atoms with E-state index in [1.807, 2.05) is 0 Å². The van der Waals surface area contributed by atoms with Gasteiger partial charge in [0.25, 0.3) is 0 Å². The molecule has 0 saturated carbocycles. The van der Waals surface area contributed by atoms with Crippen molar-refractivity contribution in [3.8, 4) is 6.07 Å². The predicted octanol–water partition coefficient (Wildman–Crippen LogP) is 4.16. The molecule has 0 N–H and O–H groups in total. The highest BCUT2D eigenvalue weighted by atomic mass is 15.5. The lowest BCUT2D eigenvalue weighted by Crippen LogP contribution is -2.42. The van der Waals surface area contributed by atoms with Crippen LogP contribution in [0.2, 0.25) is 0 Å². The first-order valence-corrected chi connectivity index (χ1v) is 6.29. The molecule has 0 aliphatic carbocycles. The molecule has 0 aromatic rings. The van der Waals surface area contributed by atoms with Gasteiger partial charge in [-0.3, -0.25) is 0 Å². The first-order valence-electron chi connectivity index (χ1n) is 6.29. The summed E-state index contributed by atoms with van der Waals surface area (Å²) in [5.41, 5.74) is -0.799. The van der Waals surface area contributed by atoms with Gasteiger partial charge in [0.2, 0.25) is 5.66 Å². The average molecular weight is 221 g/mol. The molecule has 1 aliphatic heterocycles. The lowest BCUT2D eigenvalue weighted by atomic mass is 9.66. The molecule has 0 aromatic carbocycles. The van der Waals surface area contributed by atoms with Crippen molar-refractivity contribution in [2.75, 3.05) is 0 Å².